The number of hydrogen-bond acceptors (Lipinski definition) is 4. The third-order valence-corrected chi connectivity index (χ3v) is 4.24. The van der Waals surface area contributed by atoms with Gasteiger partial charge in [0.05, 0.1) is 12.2 Å². The van der Waals surface area contributed by atoms with Gasteiger partial charge in [-0.3, -0.25) is 4.79 Å². The summed E-state index contributed by atoms with van der Waals surface area (Å²) in [7, 11) is 0. The molecule has 0 aliphatic heterocycles. The maximum atomic E-state index is 11.9. The lowest BCUT2D eigenvalue weighted by Gasteiger charge is -2.19. The fourth-order valence-corrected chi connectivity index (χ4v) is 2.95. The molecule has 0 amide bonds. The number of carbonyl (C=O) groups is 2. The summed E-state index contributed by atoms with van der Waals surface area (Å²) >= 11 is 0. The summed E-state index contributed by atoms with van der Waals surface area (Å²) in [6, 6.07) is 0. The van der Waals surface area contributed by atoms with E-state index in [1.54, 1.807) is 0 Å². The average Bonchev–Trinajstić information content (AvgIpc) is 2.62. The van der Waals surface area contributed by atoms with E-state index in [0.717, 1.165) is 12.8 Å². The molecule has 0 radical (unpaired) electrons. The minimum atomic E-state index is -0.759. The number of ketones is 1. The summed E-state index contributed by atoms with van der Waals surface area (Å²) in [6.45, 7) is 3.99. The van der Waals surface area contributed by atoms with Crippen molar-refractivity contribution in [1.82, 2.24) is 0 Å². The number of Topliss-reactive ketones (excluding diaryl/α,β-unsaturated/α-hetero) is 1. The van der Waals surface area contributed by atoms with Crippen LogP contribution in [-0.2, 0) is 9.59 Å². The minimum Gasteiger partial charge on any atom is -0.393 e. The Morgan fingerprint density at radius 1 is 1.28 bits per heavy atom. The molecule has 0 bridgehead atoms. The standard InChI is InChI=1S/C14H24O4/c1-3-9(4-2)12(16)6-5-10-11(8-15)14(18)7-13(10)17/h8-11,13-14,17-18H,3-7H2,1-2H3/t10-,11+,13-,14+/m1/s1. The van der Waals surface area contributed by atoms with Gasteiger partial charge in [0.1, 0.15) is 12.1 Å². The maximum absolute atomic E-state index is 11.9. The van der Waals surface area contributed by atoms with Gasteiger partial charge in [-0.15, -0.1) is 0 Å². The predicted molar refractivity (Wildman–Crippen MR) is 68.0 cm³/mol. The lowest BCUT2D eigenvalue weighted by Crippen LogP contribution is -2.25. The summed E-state index contributed by atoms with van der Waals surface area (Å²) in [5.74, 6) is -0.494. The normalized spacial score (nSPS) is 31.8. The van der Waals surface area contributed by atoms with E-state index in [1.807, 2.05) is 13.8 Å². The van der Waals surface area contributed by atoms with Crippen molar-refractivity contribution in [1.29, 1.82) is 0 Å². The SMILES string of the molecule is CCC(CC)C(=O)CC[C@@H]1[C@H](C=O)[C@@H](O)C[C@H]1O. The molecule has 104 valence electrons. The Morgan fingerprint density at radius 3 is 2.39 bits per heavy atom. The Balaban J connectivity index is 2.51. The first kappa shape index (κ1) is 15.3. The van der Waals surface area contributed by atoms with Crippen LogP contribution in [0.25, 0.3) is 0 Å². The number of carbonyl (C=O) groups excluding carboxylic acids is 2. The molecule has 18 heavy (non-hydrogen) atoms. The zero-order chi connectivity index (χ0) is 13.7. The Kier molecular flexibility index (Phi) is 5.96. The van der Waals surface area contributed by atoms with E-state index in [-0.39, 0.29) is 24.0 Å². The molecular formula is C14H24O4. The second-order valence-corrected chi connectivity index (χ2v) is 5.27. The number of hydrogen-bond donors (Lipinski definition) is 2. The molecule has 0 saturated heterocycles. The zero-order valence-corrected chi connectivity index (χ0v) is 11.2. The summed E-state index contributed by atoms with van der Waals surface area (Å²) < 4.78 is 0. The first-order valence-electron chi connectivity index (χ1n) is 6.89. The molecular weight excluding hydrogens is 232 g/mol. The van der Waals surface area contributed by atoms with E-state index in [9.17, 15) is 19.8 Å². The van der Waals surface area contributed by atoms with Crippen LogP contribution in [0.4, 0.5) is 0 Å². The Bertz CT molecular complexity index is 286. The van der Waals surface area contributed by atoms with Crippen LogP contribution in [0.3, 0.4) is 0 Å². The van der Waals surface area contributed by atoms with Gasteiger partial charge in [-0.05, 0) is 25.2 Å². The molecule has 1 saturated carbocycles. The van der Waals surface area contributed by atoms with Gasteiger partial charge < -0.3 is 15.0 Å². The second kappa shape index (κ2) is 7.00. The summed E-state index contributed by atoms with van der Waals surface area (Å²) in [6.07, 6.45) is 2.10. The molecule has 1 aliphatic carbocycles. The number of rotatable bonds is 7. The molecule has 0 aromatic heterocycles. The van der Waals surface area contributed by atoms with Gasteiger partial charge in [0.15, 0.2) is 0 Å². The number of aliphatic hydroxyl groups excluding tert-OH is 2. The third kappa shape index (κ3) is 3.39. The molecule has 1 fully saturated rings. The molecule has 4 nitrogen and oxygen atoms in total. The Labute approximate surface area is 108 Å². The van der Waals surface area contributed by atoms with Gasteiger partial charge in [-0.2, -0.15) is 0 Å². The van der Waals surface area contributed by atoms with Crippen LogP contribution in [0.2, 0.25) is 0 Å². The first-order chi connectivity index (χ1) is 8.54. The van der Waals surface area contributed by atoms with E-state index >= 15 is 0 Å². The van der Waals surface area contributed by atoms with Gasteiger partial charge in [0, 0.05) is 24.7 Å². The van der Waals surface area contributed by atoms with Crippen molar-refractivity contribution < 1.29 is 19.8 Å². The maximum Gasteiger partial charge on any atom is 0.135 e. The van der Waals surface area contributed by atoms with Gasteiger partial charge in [0.25, 0.3) is 0 Å². The molecule has 4 atom stereocenters. The van der Waals surface area contributed by atoms with E-state index in [0.29, 0.717) is 19.1 Å². The molecule has 0 aromatic rings. The second-order valence-electron chi connectivity index (χ2n) is 5.27. The Hall–Kier alpha value is -0.740. The Morgan fingerprint density at radius 2 is 1.89 bits per heavy atom. The van der Waals surface area contributed by atoms with Crippen molar-refractivity contribution in [2.75, 3.05) is 0 Å². The van der Waals surface area contributed by atoms with Gasteiger partial charge in [-0.25, -0.2) is 0 Å². The van der Waals surface area contributed by atoms with Crippen molar-refractivity contribution in [2.24, 2.45) is 17.8 Å². The molecule has 0 unspecified atom stereocenters. The predicted octanol–water partition coefficient (Wildman–Crippen LogP) is 1.33. The molecule has 4 heteroatoms. The smallest absolute Gasteiger partial charge is 0.135 e. The lowest BCUT2D eigenvalue weighted by atomic mass is 9.87. The van der Waals surface area contributed by atoms with Gasteiger partial charge in [-0.1, -0.05) is 13.8 Å². The summed E-state index contributed by atoms with van der Waals surface area (Å²) in [5.41, 5.74) is 0. The van der Waals surface area contributed by atoms with Crippen molar-refractivity contribution in [3.05, 3.63) is 0 Å². The fraction of sp³-hybridized carbons (Fsp3) is 0.857. The highest BCUT2D eigenvalue weighted by Gasteiger charge is 2.41. The van der Waals surface area contributed by atoms with E-state index in [1.165, 1.54) is 0 Å². The van der Waals surface area contributed by atoms with Crippen LogP contribution >= 0.6 is 0 Å². The zero-order valence-electron chi connectivity index (χ0n) is 11.2. The number of aldehydes is 1. The highest BCUT2D eigenvalue weighted by molar-refractivity contribution is 5.80. The first-order valence-corrected chi connectivity index (χ1v) is 6.89. The lowest BCUT2D eigenvalue weighted by molar-refractivity contribution is -0.124. The van der Waals surface area contributed by atoms with E-state index < -0.39 is 18.1 Å². The topological polar surface area (TPSA) is 74.6 Å². The van der Waals surface area contributed by atoms with E-state index in [4.69, 9.17) is 0 Å². The quantitative estimate of drug-likeness (QED) is 0.674. The van der Waals surface area contributed by atoms with Crippen molar-refractivity contribution in [3.8, 4) is 0 Å². The highest BCUT2D eigenvalue weighted by atomic mass is 16.3. The van der Waals surface area contributed by atoms with Crippen LogP contribution in [0.5, 0.6) is 0 Å². The molecule has 1 aliphatic rings. The van der Waals surface area contributed by atoms with Gasteiger partial charge >= 0.3 is 0 Å². The number of aliphatic hydroxyl groups is 2. The van der Waals surface area contributed by atoms with Crippen LogP contribution in [0, 0.1) is 17.8 Å². The van der Waals surface area contributed by atoms with Crippen LogP contribution in [-0.4, -0.2) is 34.5 Å². The van der Waals surface area contributed by atoms with Crippen molar-refractivity contribution >= 4 is 12.1 Å². The van der Waals surface area contributed by atoms with E-state index in [2.05, 4.69) is 0 Å². The van der Waals surface area contributed by atoms with Crippen LogP contribution < -0.4 is 0 Å². The molecule has 0 heterocycles. The van der Waals surface area contributed by atoms with Crippen LogP contribution in [0.1, 0.15) is 46.0 Å². The average molecular weight is 256 g/mol. The van der Waals surface area contributed by atoms with Crippen molar-refractivity contribution in [3.63, 3.8) is 0 Å². The summed E-state index contributed by atoms with van der Waals surface area (Å²) in [5, 5.41) is 19.4. The monoisotopic (exact) mass is 256 g/mol. The fourth-order valence-electron chi connectivity index (χ4n) is 2.95. The third-order valence-electron chi connectivity index (χ3n) is 4.24. The van der Waals surface area contributed by atoms with Crippen LogP contribution in [0.15, 0.2) is 0 Å². The minimum absolute atomic E-state index is 0.0863. The molecule has 1 rings (SSSR count). The van der Waals surface area contributed by atoms with Gasteiger partial charge in [0.2, 0.25) is 0 Å². The van der Waals surface area contributed by atoms with Crippen molar-refractivity contribution in [2.45, 2.75) is 58.2 Å². The largest absolute Gasteiger partial charge is 0.393 e. The highest BCUT2D eigenvalue weighted by Crippen LogP contribution is 2.34. The molecule has 0 spiro atoms. The summed E-state index contributed by atoms with van der Waals surface area (Å²) in [4.78, 5) is 22.8. The molecule has 2 N–H and O–H groups in total. The molecule has 0 aromatic carbocycles.